The Bertz CT molecular complexity index is 815. The minimum Gasteiger partial charge on any atom is -0.511 e. The maximum absolute atomic E-state index is 12.1. The lowest BCUT2D eigenvalue weighted by Gasteiger charge is -2.02. The van der Waals surface area contributed by atoms with Crippen LogP contribution in [0.5, 0.6) is 0 Å². The number of aliphatic hydroxyl groups excluding tert-OH is 1. The Balaban J connectivity index is 2.17. The highest BCUT2D eigenvalue weighted by Crippen LogP contribution is 2.37. The van der Waals surface area contributed by atoms with E-state index in [1.807, 2.05) is 17.5 Å². The number of thiophene rings is 1. The van der Waals surface area contributed by atoms with Gasteiger partial charge in [0.2, 0.25) is 9.84 Å². The molecule has 1 aliphatic heterocycles. The molecule has 0 unspecified atom stereocenters. The number of sulfone groups is 1. The summed E-state index contributed by atoms with van der Waals surface area (Å²) in [7, 11) is -4.01. The second-order valence-electron chi connectivity index (χ2n) is 4.36. The van der Waals surface area contributed by atoms with Gasteiger partial charge in [-0.1, -0.05) is 24.3 Å². The first-order valence-corrected chi connectivity index (χ1v) is 8.21. The Labute approximate surface area is 119 Å². The van der Waals surface area contributed by atoms with Crippen molar-refractivity contribution in [1.82, 2.24) is 0 Å². The van der Waals surface area contributed by atoms with Crippen LogP contribution in [0.1, 0.15) is 10.4 Å². The van der Waals surface area contributed by atoms with E-state index in [4.69, 9.17) is 0 Å². The van der Waals surface area contributed by atoms with Crippen LogP contribution in [-0.4, -0.2) is 18.6 Å². The molecule has 2 heterocycles. The smallest absolute Gasteiger partial charge is 0.285 e. The highest BCUT2D eigenvalue weighted by atomic mass is 32.2. The van der Waals surface area contributed by atoms with Gasteiger partial charge in [0.25, 0.3) is 5.12 Å². The minimum absolute atomic E-state index is 0.0299. The molecule has 102 valence electrons. The molecule has 0 atom stereocenters. The van der Waals surface area contributed by atoms with Crippen molar-refractivity contribution in [1.29, 1.82) is 0 Å². The van der Waals surface area contributed by atoms with Gasteiger partial charge in [-0.05, 0) is 17.5 Å². The number of hydrogen-bond donors (Lipinski definition) is 1. The van der Waals surface area contributed by atoms with Gasteiger partial charge in [0, 0.05) is 16.9 Å². The lowest BCUT2D eigenvalue weighted by molar-refractivity contribution is -0.106. The average molecular weight is 306 g/mol. The third-order valence-electron chi connectivity index (χ3n) is 3.10. The molecule has 0 fully saturated rings. The second-order valence-corrected chi connectivity index (χ2v) is 7.21. The number of rotatable bonds is 2. The first-order chi connectivity index (χ1) is 9.51. The van der Waals surface area contributed by atoms with Gasteiger partial charge in [0.15, 0.2) is 0 Å². The molecular formula is C14H10O4S2. The van der Waals surface area contributed by atoms with Gasteiger partial charge in [-0.2, -0.15) is 0 Å². The van der Waals surface area contributed by atoms with Gasteiger partial charge in [0.1, 0.15) is 5.76 Å². The fraction of sp³-hybridized carbons (Fsp3) is 0.0714. The lowest BCUT2D eigenvalue weighted by Crippen LogP contribution is -2.09. The van der Waals surface area contributed by atoms with E-state index in [1.54, 1.807) is 12.1 Å². The fourth-order valence-electron chi connectivity index (χ4n) is 2.19. The predicted molar refractivity (Wildman–Crippen MR) is 76.2 cm³/mol. The van der Waals surface area contributed by atoms with E-state index in [1.165, 1.54) is 23.5 Å². The molecule has 0 spiro atoms. The molecule has 20 heavy (non-hydrogen) atoms. The van der Waals surface area contributed by atoms with Gasteiger partial charge in [0.05, 0.1) is 10.5 Å². The quantitative estimate of drug-likeness (QED) is 0.684. The van der Waals surface area contributed by atoms with E-state index in [0.29, 0.717) is 0 Å². The van der Waals surface area contributed by atoms with Gasteiger partial charge in [-0.15, -0.1) is 11.3 Å². The Kier molecular flexibility index (Phi) is 2.99. The monoisotopic (exact) mass is 306 g/mol. The van der Waals surface area contributed by atoms with Crippen LogP contribution in [0.2, 0.25) is 0 Å². The van der Waals surface area contributed by atoms with Crippen LogP contribution < -0.4 is 0 Å². The van der Waals surface area contributed by atoms with E-state index in [2.05, 4.69) is 0 Å². The van der Waals surface area contributed by atoms with E-state index < -0.39 is 15.0 Å². The summed E-state index contributed by atoms with van der Waals surface area (Å²) in [5.74, 6) is -0.203. The molecule has 2 aromatic rings. The standard InChI is InChI=1S/C14H10O4S2/c15-11(8-9-4-3-7-19-9)13-10-5-1-2-6-12(10)20(17,18)14(13)16/h1-7,15H,8H2. The van der Waals surface area contributed by atoms with Crippen LogP contribution in [0, 0.1) is 0 Å². The first-order valence-electron chi connectivity index (χ1n) is 5.85. The third kappa shape index (κ3) is 1.88. The molecule has 0 amide bonds. The van der Waals surface area contributed by atoms with E-state index >= 15 is 0 Å². The van der Waals surface area contributed by atoms with Crippen LogP contribution >= 0.6 is 11.3 Å². The van der Waals surface area contributed by atoms with Crippen LogP contribution in [0.3, 0.4) is 0 Å². The van der Waals surface area contributed by atoms with Crippen LogP contribution in [0.4, 0.5) is 0 Å². The molecule has 4 nitrogen and oxygen atoms in total. The van der Waals surface area contributed by atoms with Crippen molar-refractivity contribution in [3.05, 3.63) is 58.0 Å². The Morgan fingerprint density at radius 2 is 1.90 bits per heavy atom. The number of allylic oxidation sites excluding steroid dienone is 1. The number of aliphatic hydroxyl groups is 1. The first kappa shape index (κ1) is 13.1. The van der Waals surface area contributed by atoms with Crippen molar-refractivity contribution in [3.8, 4) is 0 Å². The molecule has 1 aromatic carbocycles. The minimum atomic E-state index is -4.01. The van der Waals surface area contributed by atoms with Gasteiger partial charge in [-0.3, -0.25) is 4.79 Å². The van der Waals surface area contributed by atoms with Crippen molar-refractivity contribution in [3.63, 3.8) is 0 Å². The predicted octanol–water partition coefficient (Wildman–Crippen LogP) is 2.57. The number of carbonyl (C=O) groups excluding carboxylic acids is 1. The SMILES string of the molecule is O=C1C(=C(O)Cc2cccs2)c2ccccc2S1(=O)=O. The van der Waals surface area contributed by atoms with E-state index in [-0.39, 0.29) is 28.2 Å². The molecule has 1 aromatic heterocycles. The summed E-state index contributed by atoms with van der Waals surface area (Å²) in [5.41, 5.74) is 0.181. The highest BCUT2D eigenvalue weighted by molar-refractivity contribution is 8.08. The highest BCUT2D eigenvalue weighted by Gasteiger charge is 2.41. The van der Waals surface area contributed by atoms with Crippen LogP contribution in [0.25, 0.3) is 5.57 Å². The summed E-state index contributed by atoms with van der Waals surface area (Å²) in [6, 6.07) is 9.78. The zero-order chi connectivity index (χ0) is 14.3. The summed E-state index contributed by atoms with van der Waals surface area (Å²) in [5, 5.41) is 11.0. The molecule has 1 aliphatic rings. The molecule has 0 radical (unpaired) electrons. The zero-order valence-corrected chi connectivity index (χ0v) is 11.9. The molecule has 1 N–H and O–H groups in total. The lowest BCUT2D eigenvalue weighted by atomic mass is 10.0. The van der Waals surface area contributed by atoms with Crippen molar-refractivity contribution in [2.45, 2.75) is 11.3 Å². The summed E-state index contributed by atoms with van der Waals surface area (Å²) >= 11 is 1.44. The number of fused-ring (bicyclic) bond motifs is 1. The molecular weight excluding hydrogens is 296 g/mol. The summed E-state index contributed by atoms with van der Waals surface area (Å²) in [6.45, 7) is 0. The summed E-state index contributed by atoms with van der Waals surface area (Å²) in [4.78, 5) is 12.9. The third-order valence-corrected chi connectivity index (χ3v) is 5.61. The van der Waals surface area contributed by atoms with Crippen LogP contribution in [-0.2, 0) is 21.1 Å². The van der Waals surface area contributed by atoms with Crippen molar-refractivity contribution >= 4 is 31.9 Å². The zero-order valence-electron chi connectivity index (χ0n) is 10.2. The molecule has 0 saturated carbocycles. The second kappa shape index (κ2) is 4.57. The number of benzene rings is 1. The average Bonchev–Trinajstić information content (AvgIpc) is 2.98. The van der Waals surface area contributed by atoms with Crippen molar-refractivity contribution in [2.75, 3.05) is 0 Å². The maximum atomic E-state index is 12.1. The number of hydrogen-bond acceptors (Lipinski definition) is 5. The summed E-state index contributed by atoms with van der Waals surface area (Å²) in [6.07, 6.45) is 0.155. The van der Waals surface area contributed by atoms with Crippen molar-refractivity contribution < 1.29 is 18.3 Å². The molecule has 0 aliphatic carbocycles. The Morgan fingerprint density at radius 3 is 2.60 bits per heavy atom. The Morgan fingerprint density at radius 1 is 1.15 bits per heavy atom. The maximum Gasteiger partial charge on any atom is 0.285 e. The van der Waals surface area contributed by atoms with Crippen LogP contribution in [0.15, 0.2) is 52.4 Å². The van der Waals surface area contributed by atoms with Gasteiger partial charge >= 0.3 is 0 Å². The normalized spacial score (nSPS) is 18.9. The van der Waals surface area contributed by atoms with Gasteiger partial charge in [-0.25, -0.2) is 8.42 Å². The Hall–Kier alpha value is -1.92. The molecule has 0 bridgehead atoms. The molecule has 6 heteroatoms. The van der Waals surface area contributed by atoms with E-state index in [0.717, 1.165) is 4.88 Å². The largest absolute Gasteiger partial charge is 0.511 e. The van der Waals surface area contributed by atoms with Gasteiger partial charge < -0.3 is 5.11 Å². The molecule has 0 saturated heterocycles. The number of carbonyl (C=O) groups is 1. The van der Waals surface area contributed by atoms with Crippen molar-refractivity contribution in [2.24, 2.45) is 0 Å². The summed E-state index contributed by atoms with van der Waals surface area (Å²) < 4.78 is 24.0. The fourth-order valence-corrected chi connectivity index (χ4v) is 4.31. The molecule has 3 rings (SSSR count). The topological polar surface area (TPSA) is 71.4 Å². The van der Waals surface area contributed by atoms with E-state index in [9.17, 15) is 18.3 Å².